The topological polar surface area (TPSA) is 167 Å². The Morgan fingerprint density at radius 2 is 1.60 bits per heavy atom. The lowest BCUT2D eigenvalue weighted by Gasteiger charge is -2.33. The Kier molecular flexibility index (Phi) is 11.2. The molecule has 4 rings (SSSR count). The molecule has 216 valence electrons. The van der Waals surface area contributed by atoms with Crippen molar-refractivity contribution < 1.29 is 17.9 Å². The number of carbonyl (C=O) groups excluding carboxylic acids is 1. The molecule has 10 nitrogen and oxygen atoms in total. The number of amides is 1. The Morgan fingerprint density at radius 3 is 2.17 bits per heavy atom. The minimum absolute atomic E-state index is 0. The van der Waals surface area contributed by atoms with E-state index in [1.807, 2.05) is 29.2 Å². The molecule has 0 unspecified atom stereocenters. The monoisotopic (exact) mass is 608 g/mol. The van der Waals surface area contributed by atoms with Gasteiger partial charge in [0.15, 0.2) is 0 Å². The van der Waals surface area contributed by atoms with Crippen molar-refractivity contribution in [3.05, 3.63) is 71.8 Å². The molecule has 1 saturated heterocycles. The van der Waals surface area contributed by atoms with E-state index >= 15 is 0 Å². The number of nitrogen functional groups attached to an aromatic ring is 1. The number of benzene rings is 3. The molecule has 1 aliphatic heterocycles. The molecule has 6 N–H and O–H groups in total. The van der Waals surface area contributed by atoms with Crippen LogP contribution in [0.1, 0.15) is 30.9 Å². The average molecular weight is 610 g/mol. The van der Waals surface area contributed by atoms with Crippen molar-refractivity contribution >= 4 is 68.9 Å². The van der Waals surface area contributed by atoms with E-state index in [9.17, 15) is 13.2 Å². The van der Waals surface area contributed by atoms with Crippen molar-refractivity contribution in [3.63, 3.8) is 0 Å². The SMILES string of the molecule is CC(=N)N1CCC(Oc2ccc(N(Cc3ccc4ccc(C(=N)N)cc4c3)S(=O)(=O)CC(N)=O)cc2)CC1.Cl.Cl. The summed E-state index contributed by atoms with van der Waals surface area (Å²) in [5, 5.41) is 17.2. The van der Waals surface area contributed by atoms with E-state index in [-0.39, 0.29) is 43.3 Å². The van der Waals surface area contributed by atoms with Gasteiger partial charge < -0.3 is 21.1 Å². The summed E-state index contributed by atoms with van der Waals surface area (Å²) in [6.07, 6.45) is 1.61. The van der Waals surface area contributed by atoms with Crippen LogP contribution >= 0.6 is 24.8 Å². The van der Waals surface area contributed by atoms with E-state index in [0.717, 1.165) is 36.7 Å². The van der Waals surface area contributed by atoms with Crippen molar-refractivity contribution in [2.24, 2.45) is 11.5 Å². The summed E-state index contributed by atoms with van der Waals surface area (Å²) >= 11 is 0. The first kappa shape index (κ1) is 32.7. The van der Waals surface area contributed by atoms with Crippen LogP contribution in [0.15, 0.2) is 60.7 Å². The van der Waals surface area contributed by atoms with Gasteiger partial charge in [-0.1, -0.05) is 24.3 Å². The zero-order valence-electron chi connectivity index (χ0n) is 22.0. The van der Waals surface area contributed by atoms with Crippen LogP contribution in [0.5, 0.6) is 5.75 Å². The number of hydrogen-bond acceptors (Lipinski definition) is 6. The minimum Gasteiger partial charge on any atom is -0.490 e. The van der Waals surface area contributed by atoms with E-state index in [1.165, 1.54) is 4.31 Å². The van der Waals surface area contributed by atoms with Crippen molar-refractivity contribution in [2.75, 3.05) is 23.1 Å². The summed E-state index contributed by atoms with van der Waals surface area (Å²) in [5.74, 6) is -0.644. The normalized spacial score (nSPS) is 13.6. The highest BCUT2D eigenvalue weighted by molar-refractivity contribution is 7.93. The van der Waals surface area contributed by atoms with E-state index in [1.54, 1.807) is 43.3 Å². The largest absolute Gasteiger partial charge is 0.490 e. The molecule has 3 aromatic rings. The second kappa shape index (κ2) is 13.7. The van der Waals surface area contributed by atoms with Crippen LogP contribution in [0.4, 0.5) is 5.69 Å². The first-order valence-corrected chi connectivity index (χ1v) is 13.9. The molecular weight excluding hydrogens is 575 g/mol. The maximum atomic E-state index is 13.2. The van der Waals surface area contributed by atoms with Crippen molar-refractivity contribution in [1.82, 2.24) is 4.90 Å². The highest BCUT2D eigenvalue weighted by Crippen LogP contribution is 2.27. The molecule has 1 fully saturated rings. The molecule has 3 aromatic carbocycles. The van der Waals surface area contributed by atoms with Gasteiger partial charge in [0, 0.05) is 31.5 Å². The van der Waals surface area contributed by atoms with Crippen LogP contribution in [0, 0.1) is 10.8 Å². The third-order valence-corrected chi connectivity index (χ3v) is 8.21. The van der Waals surface area contributed by atoms with Crippen LogP contribution in [-0.2, 0) is 21.4 Å². The summed E-state index contributed by atoms with van der Waals surface area (Å²) < 4.78 is 33.6. The molecule has 0 spiro atoms. The fourth-order valence-electron chi connectivity index (χ4n) is 4.53. The number of nitrogens with zero attached hydrogens (tertiary/aromatic N) is 2. The molecule has 0 bridgehead atoms. The molecule has 13 heteroatoms. The number of ether oxygens (including phenoxy) is 1. The number of primary amides is 1. The first-order chi connectivity index (χ1) is 18.0. The number of nitrogens with two attached hydrogens (primary N) is 2. The van der Waals surface area contributed by atoms with Gasteiger partial charge in [-0.05, 0) is 59.7 Å². The zero-order valence-corrected chi connectivity index (χ0v) is 24.4. The Balaban J connectivity index is 0.00000280. The minimum atomic E-state index is -4.06. The number of halogens is 2. The fraction of sp³-hybridized carbons (Fsp3) is 0.296. The number of rotatable bonds is 9. The molecule has 1 aliphatic rings. The number of likely N-dealkylation sites (tertiary alicyclic amines) is 1. The Labute approximate surface area is 246 Å². The quantitative estimate of drug-likeness (QED) is 0.214. The number of hydrogen-bond donors (Lipinski definition) is 4. The Morgan fingerprint density at radius 1 is 0.975 bits per heavy atom. The Hall–Kier alpha value is -3.54. The Bertz CT molecular complexity index is 1480. The van der Waals surface area contributed by atoms with Crippen molar-refractivity contribution in [1.29, 1.82) is 10.8 Å². The van der Waals surface area contributed by atoms with Gasteiger partial charge in [0.25, 0.3) is 0 Å². The number of nitrogens with one attached hydrogen (secondary N) is 2. The van der Waals surface area contributed by atoms with E-state index < -0.39 is 21.7 Å². The first-order valence-electron chi connectivity index (χ1n) is 12.2. The number of anilines is 1. The standard InChI is InChI=1S/C27H32N6O4S.2ClH/c1-18(28)32-12-10-25(11-13-32)37-24-8-6-23(7-9-24)33(38(35,36)17-26(29)34)16-19-2-3-20-4-5-21(27(30)31)15-22(20)14-19;;/h2-9,14-15,25,28H,10-13,16-17H2,1H3,(H2,29,34)(H3,30,31);2*1H. The lowest BCUT2D eigenvalue weighted by atomic mass is 10.0. The molecule has 0 aromatic heterocycles. The molecule has 40 heavy (non-hydrogen) atoms. The number of carbonyl (C=O) groups is 1. The summed E-state index contributed by atoms with van der Waals surface area (Å²) in [6.45, 7) is 3.28. The molecule has 0 saturated carbocycles. The summed E-state index contributed by atoms with van der Waals surface area (Å²) in [4.78, 5) is 13.6. The predicted molar refractivity (Wildman–Crippen MR) is 164 cm³/mol. The molecule has 0 radical (unpaired) electrons. The van der Waals surface area contributed by atoms with Gasteiger partial charge in [-0.15, -0.1) is 24.8 Å². The van der Waals surface area contributed by atoms with E-state index in [4.69, 9.17) is 27.0 Å². The molecular formula is C27H34Cl2N6O4S. The maximum Gasteiger partial charge on any atom is 0.244 e. The lowest BCUT2D eigenvalue weighted by molar-refractivity contribution is -0.115. The van der Waals surface area contributed by atoms with Crippen LogP contribution < -0.4 is 20.5 Å². The van der Waals surface area contributed by atoms with Crippen LogP contribution in [0.25, 0.3) is 10.8 Å². The van der Waals surface area contributed by atoms with Gasteiger partial charge in [-0.3, -0.25) is 19.9 Å². The summed E-state index contributed by atoms with van der Waals surface area (Å²) in [5.41, 5.74) is 12.5. The van der Waals surface area contributed by atoms with Crippen LogP contribution in [0.3, 0.4) is 0 Å². The highest BCUT2D eigenvalue weighted by atomic mass is 35.5. The van der Waals surface area contributed by atoms with Gasteiger partial charge in [-0.2, -0.15) is 0 Å². The molecule has 0 aliphatic carbocycles. The number of sulfonamides is 1. The predicted octanol–water partition coefficient (Wildman–Crippen LogP) is 3.63. The highest BCUT2D eigenvalue weighted by Gasteiger charge is 2.26. The fourth-order valence-corrected chi connectivity index (χ4v) is 5.83. The summed E-state index contributed by atoms with van der Waals surface area (Å²) in [7, 11) is -4.06. The zero-order chi connectivity index (χ0) is 27.4. The van der Waals surface area contributed by atoms with Gasteiger partial charge in [0.1, 0.15) is 23.4 Å². The van der Waals surface area contributed by atoms with Gasteiger partial charge in [0.2, 0.25) is 15.9 Å². The van der Waals surface area contributed by atoms with Crippen molar-refractivity contribution in [2.45, 2.75) is 32.4 Å². The third kappa shape index (κ3) is 8.00. The molecule has 1 heterocycles. The third-order valence-electron chi connectivity index (χ3n) is 6.55. The maximum absolute atomic E-state index is 13.2. The van der Waals surface area contributed by atoms with Gasteiger partial charge in [-0.25, -0.2) is 8.42 Å². The number of fused-ring (bicyclic) bond motifs is 1. The van der Waals surface area contributed by atoms with Crippen LogP contribution in [-0.4, -0.2) is 55.8 Å². The second-order valence-corrected chi connectivity index (χ2v) is 11.3. The summed E-state index contributed by atoms with van der Waals surface area (Å²) in [6, 6.07) is 17.7. The van der Waals surface area contributed by atoms with E-state index in [0.29, 0.717) is 28.4 Å². The van der Waals surface area contributed by atoms with Crippen LogP contribution in [0.2, 0.25) is 0 Å². The lowest BCUT2D eigenvalue weighted by Crippen LogP contribution is -2.40. The van der Waals surface area contributed by atoms with Gasteiger partial charge in [0.05, 0.1) is 18.1 Å². The van der Waals surface area contributed by atoms with Crippen molar-refractivity contribution in [3.8, 4) is 5.75 Å². The number of piperidine rings is 1. The average Bonchev–Trinajstić information content (AvgIpc) is 2.87. The van der Waals surface area contributed by atoms with Gasteiger partial charge >= 0.3 is 0 Å². The van der Waals surface area contributed by atoms with E-state index in [2.05, 4.69) is 0 Å². The molecule has 1 amide bonds. The number of amidine groups is 2. The smallest absolute Gasteiger partial charge is 0.244 e. The second-order valence-electron chi connectivity index (χ2n) is 9.42. The molecule has 0 atom stereocenters.